The molecule has 1 aliphatic heterocycles. The van der Waals surface area contributed by atoms with Crippen molar-refractivity contribution in [2.24, 2.45) is 7.05 Å². The van der Waals surface area contributed by atoms with Gasteiger partial charge in [-0.3, -0.25) is 0 Å². The zero-order valence-corrected chi connectivity index (χ0v) is 21.6. The predicted molar refractivity (Wildman–Crippen MR) is 146 cm³/mol. The molecule has 2 aromatic heterocycles. The van der Waals surface area contributed by atoms with E-state index < -0.39 is 0 Å². The van der Waals surface area contributed by atoms with Gasteiger partial charge in [0.2, 0.25) is 5.95 Å². The molecule has 1 aliphatic carbocycles. The Balaban J connectivity index is 1.10. The van der Waals surface area contributed by atoms with Crippen LogP contribution >= 0.6 is 0 Å². The van der Waals surface area contributed by atoms with Crippen LogP contribution in [0.4, 0.5) is 11.8 Å². The average molecular weight is 492 g/mol. The lowest BCUT2D eigenvalue weighted by Crippen LogP contribution is -2.44. The van der Waals surface area contributed by atoms with E-state index in [1.807, 2.05) is 11.6 Å². The van der Waals surface area contributed by atoms with Crippen molar-refractivity contribution in [1.29, 1.82) is 0 Å². The second-order valence-corrected chi connectivity index (χ2v) is 10.1. The van der Waals surface area contributed by atoms with Gasteiger partial charge in [-0.2, -0.15) is 9.97 Å². The van der Waals surface area contributed by atoms with E-state index >= 15 is 0 Å². The van der Waals surface area contributed by atoms with E-state index in [1.54, 1.807) is 6.33 Å². The van der Waals surface area contributed by atoms with Crippen LogP contribution in [0.1, 0.15) is 49.7 Å². The maximum atomic E-state index is 4.85. The molecule has 3 aromatic rings. The Morgan fingerprint density at radius 1 is 0.944 bits per heavy atom. The summed E-state index contributed by atoms with van der Waals surface area (Å²) in [5, 5.41) is 14.2. The molecule has 5 rings (SSSR count). The first kappa shape index (κ1) is 24.9. The molecule has 0 amide bonds. The summed E-state index contributed by atoms with van der Waals surface area (Å²) in [4.78, 5) is 16.4. The lowest BCUT2D eigenvalue weighted by atomic mass is 9.95. The molecule has 0 radical (unpaired) electrons. The Morgan fingerprint density at radius 2 is 1.69 bits per heavy atom. The van der Waals surface area contributed by atoms with Gasteiger partial charge in [0.05, 0.1) is 6.33 Å². The molecule has 3 heterocycles. The molecule has 0 bridgehead atoms. The van der Waals surface area contributed by atoms with Gasteiger partial charge in [-0.1, -0.05) is 43.5 Å². The van der Waals surface area contributed by atoms with Crippen LogP contribution in [0, 0.1) is 0 Å². The molecule has 1 saturated carbocycles. The molecule has 0 atom stereocenters. The quantitative estimate of drug-likeness (QED) is 0.304. The number of imidazole rings is 1. The van der Waals surface area contributed by atoms with Crippen molar-refractivity contribution in [3.05, 3.63) is 41.7 Å². The fourth-order valence-electron chi connectivity index (χ4n) is 5.14. The van der Waals surface area contributed by atoms with Crippen molar-refractivity contribution < 1.29 is 0 Å². The third kappa shape index (κ3) is 6.52. The Hall–Kier alpha value is -2.75. The van der Waals surface area contributed by atoms with Gasteiger partial charge < -0.3 is 30.7 Å². The lowest BCUT2D eigenvalue weighted by Gasteiger charge is -2.27. The standard InChI is InChI=1S/C27H41N9/c1-35-20-32-24-25(33-27(34-26(24)35)36-16-14-28-15-17-36)31-19-22-10-8-21(9-11-22)18-29-12-5-13-30-23-6-3-2-4-7-23/h8-11,20,23,28-30H,2-7,12-19H2,1H3,(H,31,33,34). The molecular formula is C27H41N9. The fraction of sp³-hybridized carbons (Fsp3) is 0.593. The van der Waals surface area contributed by atoms with Gasteiger partial charge in [0.15, 0.2) is 17.0 Å². The number of rotatable bonds is 11. The molecular weight excluding hydrogens is 450 g/mol. The van der Waals surface area contributed by atoms with Gasteiger partial charge in [0, 0.05) is 52.4 Å². The molecule has 194 valence electrons. The second-order valence-electron chi connectivity index (χ2n) is 10.1. The largest absolute Gasteiger partial charge is 0.364 e. The molecule has 2 fully saturated rings. The van der Waals surface area contributed by atoms with Crippen LogP contribution in [0.15, 0.2) is 30.6 Å². The molecule has 2 aliphatic rings. The molecule has 1 aromatic carbocycles. The summed E-state index contributed by atoms with van der Waals surface area (Å²) in [5.74, 6) is 1.56. The van der Waals surface area contributed by atoms with Gasteiger partial charge in [0.1, 0.15) is 0 Å². The minimum Gasteiger partial charge on any atom is -0.364 e. The van der Waals surface area contributed by atoms with Gasteiger partial charge in [-0.25, -0.2) is 4.98 Å². The number of aromatic nitrogens is 4. The van der Waals surface area contributed by atoms with Crippen LogP contribution in [0.3, 0.4) is 0 Å². The van der Waals surface area contributed by atoms with E-state index in [4.69, 9.17) is 9.97 Å². The average Bonchev–Trinajstić information content (AvgIpc) is 3.31. The number of nitrogens with zero attached hydrogens (tertiary/aromatic N) is 5. The molecule has 1 saturated heterocycles. The van der Waals surface area contributed by atoms with Gasteiger partial charge >= 0.3 is 0 Å². The number of benzene rings is 1. The van der Waals surface area contributed by atoms with Crippen molar-refractivity contribution >= 4 is 22.9 Å². The van der Waals surface area contributed by atoms with Crippen LogP contribution in [-0.4, -0.2) is 64.8 Å². The van der Waals surface area contributed by atoms with E-state index in [0.717, 1.165) is 74.8 Å². The SMILES string of the molecule is Cn1cnc2c(NCc3ccc(CNCCCNC4CCCCC4)cc3)nc(N3CCNCC3)nc21. The first-order valence-corrected chi connectivity index (χ1v) is 13.7. The smallest absolute Gasteiger partial charge is 0.229 e. The summed E-state index contributed by atoms with van der Waals surface area (Å²) in [5.41, 5.74) is 4.21. The number of aryl methyl sites for hydroxylation is 1. The van der Waals surface area contributed by atoms with Crippen LogP contribution in [0.5, 0.6) is 0 Å². The van der Waals surface area contributed by atoms with E-state index in [0.29, 0.717) is 6.54 Å². The number of hydrogen-bond donors (Lipinski definition) is 4. The van der Waals surface area contributed by atoms with Crippen LogP contribution in [-0.2, 0) is 20.1 Å². The third-order valence-corrected chi connectivity index (χ3v) is 7.33. The first-order chi connectivity index (χ1) is 17.8. The highest BCUT2D eigenvalue weighted by molar-refractivity contribution is 5.84. The van der Waals surface area contributed by atoms with Crippen molar-refractivity contribution in [3.8, 4) is 0 Å². The van der Waals surface area contributed by atoms with Gasteiger partial charge in [-0.05, 0) is 43.5 Å². The zero-order chi connectivity index (χ0) is 24.6. The van der Waals surface area contributed by atoms with Crippen molar-refractivity contribution in [2.45, 2.75) is 57.7 Å². The second kappa shape index (κ2) is 12.5. The number of nitrogens with one attached hydrogen (secondary N) is 4. The molecule has 9 heteroatoms. The van der Waals surface area contributed by atoms with E-state index in [1.165, 1.54) is 49.7 Å². The third-order valence-electron chi connectivity index (χ3n) is 7.33. The zero-order valence-electron chi connectivity index (χ0n) is 21.6. The van der Waals surface area contributed by atoms with Crippen LogP contribution in [0.2, 0.25) is 0 Å². The highest BCUT2D eigenvalue weighted by atomic mass is 15.3. The Bertz CT molecular complexity index is 1080. The van der Waals surface area contributed by atoms with Gasteiger partial charge in [0.25, 0.3) is 0 Å². The predicted octanol–water partition coefficient (Wildman–Crippen LogP) is 2.79. The summed E-state index contributed by atoms with van der Waals surface area (Å²) in [6.45, 7) is 7.50. The molecule has 9 nitrogen and oxygen atoms in total. The topological polar surface area (TPSA) is 95.0 Å². The van der Waals surface area contributed by atoms with Crippen molar-refractivity contribution in [3.63, 3.8) is 0 Å². The minimum atomic E-state index is 0.699. The number of anilines is 2. The fourth-order valence-corrected chi connectivity index (χ4v) is 5.14. The summed E-state index contributed by atoms with van der Waals surface area (Å²) in [7, 11) is 1.98. The summed E-state index contributed by atoms with van der Waals surface area (Å²) in [6, 6.07) is 9.58. The summed E-state index contributed by atoms with van der Waals surface area (Å²) < 4.78 is 1.96. The highest BCUT2D eigenvalue weighted by Gasteiger charge is 2.18. The summed E-state index contributed by atoms with van der Waals surface area (Å²) in [6.07, 6.45) is 9.90. The lowest BCUT2D eigenvalue weighted by molar-refractivity contribution is 0.371. The molecule has 4 N–H and O–H groups in total. The Morgan fingerprint density at radius 3 is 2.47 bits per heavy atom. The number of hydrogen-bond acceptors (Lipinski definition) is 8. The van der Waals surface area contributed by atoms with Crippen molar-refractivity contribution in [1.82, 2.24) is 35.5 Å². The van der Waals surface area contributed by atoms with E-state index in [2.05, 4.69) is 55.4 Å². The van der Waals surface area contributed by atoms with Crippen molar-refractivity contribution in [2.75, 3.05) is 49.5 Å². The Kier molecular flexibility index (Phi) is 8.63. The number of fused-ring (bicyclic) bond motifs is 1. The first-order valence-electron chi connectivity index (χ1n) is 13.7. The normalized spacial score (nSPS) is 17.1. The Labute approximate surface area is 214 Å². The monoisotopic (exact) mass is 491 g/mol. The minimum absolute atomic E-state index is 0.699. The molecule has 0 spiro atoms. The molecule has 36 heavy (non-hydrogen) atoms. The molecule has 0 unspecified atom stereocenters. The van der Waals surface area contributed by atoms with Gasteiger partial charge in [-0.15, -0.1) is 0 Å². The number of piperazine rings is 1. The van der Waals surface area contributed by atoms with Crippen LogP contribution < -0.4 is 26.2 Å². The van der Waals surface area contributed by atoms with Crippen LogP contribution in [0.25, 0.3) is 11.2 Å². The van der Waals surface area contributed by atoms with E-state index in [9.17, 15) is 0 Å². The summed E-state index contributed by atoms with van der Waals surface area (Å²) >= 11 is 0. The van der Waals surface area contributed by atoms with E-state index in [-0.39, 0.29) is 0 Å². The highest BCUT2D eigenvalue weighted by Crippen LogP contribution is 2.23. The maximum absolute atomic E-state index is 4.85. The maximum Gasteiger partial charge on any atom is 0.229 e.